The predicted octanol–water partition coefficient (Wildman–Crippen LogP) is 4.95. The van der Waals surface area contributed by atoms with Crippen LogP contribution in [-0.2, 0) is 16.0 Å². The third kappa shape index (κ3) is 5.96. The van der Waals surface area contributed by atoms with Crippen molar-refractivity contribution in [2.75, 3.05) is 6.54 Å². The number of benzene rings is 2. The van der Waals surface area contributed by atoms with Crippen LogP contribution >= 0.6 is 0 Å². The van der Waals surface area contributed by atoms with Crippen LogP contribution in [0.2, 0.25) is 0 Å². The van der Waals surface area contributed by atoms with Crippen LogP contribution in [0.5, 0.6) is 0 Å². The average Bonchev–Trinajstić information content (AvgIpc) is 2.73. The van der Waals surface area contributed by atoms with Gasteiger partial charge in [-0.25, -0.2) is 4.79 Å². The van der Waals surface area contributed by atoms with Gasteiger partial charge in [0.1, 0.15) is 11.9 Å². The van der Waals surface area contributed by atoms with Crippen molar-refractivity contribution in [3.63, 3.8) is 0 Å². The minimum absolute atomic E-state index is 0.295. The van der Waals surface area contributed by atoms with Crippen molar-refractivity contribution in [3.05, 3.63) is 70.8 Å². The van der Waals surface area contributed by atoms with Crippen LogP contribution in [0.15, 0.2) is 48.5 Å². The van der Waals surface area contributed by atoms with Crippen LogP contribution in [0.1, 0.15) is 67.4 Å². The van der Waals surface area contributed by atoms with Crippen molar-refractivity contribution in [2.45, 2.75) is 51.6 Å². The molecule has 0 aliphatic heterocycles. The van der Waals surface area contributed by atoms with Gasteiger partial charge in [-0.15, -0.1) is 0 Å². The zero-order chi connectivity index (χ0) is 20.5. The second kappa shape index (κ2) is 10.5. The summed E-state index contributed by atoms with van der Waals surface area (Å²) in [5.41, 5.74) is 3.87. The third-order valence-electron chi connectivity index (χ3n) is 5.11. The van der Waals surface area contributed by atoms with Crippen LogP contribution in [0.4, 0.5) is 4.79 Å². The summed E-state index contributed by atoms with van der Waals surface area (Å²) < 4.78 is 5.80. The molecular weight excluding hydrogens is 362 g/mol. The molecule has 1 N–H and O–H groups in total. The molecule has 4 heteroatoms. The topological polar surface area (TPSA) is 55.4 Å². The van der Waals surface area contributed by atoms with Gasteiger partial charge in [0, 0.05) is 42.5 Å². The van der Waals surface area contributed by atoms with Crippen molar-refractivity contribution >= 4 is 11.9 Å². The third-order valence-corrected chi connectivity index (χ3v) is 5.11. The molecule has 0 aromatic heterocycles. The fourth-order valence-corrected chi connectivity index (χ4v) is 3.42. The number of ketones is 1. The number of carbonyl (C=O) groups excluding carboxylic acids is 2. The molecule has 0 saturated carbocycles. The van der Waals surface area contributed by atoms with E-state index in [1.165, 1.54) is 0 Å². The average molecular weight is 389 g/mol. The number of alkyl carbamates (subject to hydrolysis) is 1. The molecule has 150 valence electrons. The van der Waals surface area contributed by atoms with E-state index in [2.05, 4.69) is 17.2 Å². The monoisotopic (exact) mass is 389 g/mol. The van der Waals surface area contributed by atoms with Gasteiger partial charge in [0.15, 0.2) is 0 Å². The second-order valence-electron chi connectivity index (χ2n) is 7.22. The molecule has 1 unspecified atom stereocenters. The van der Waals surface area contributed by atoms with Gasteiger partial charge in [0.2, 0.25) is 0 Å². The van der Waals surface area contributed by atoms with Crippen LogP contribution in [0, 0.1) is 11.8 Å². The second-order valence-corrected chi connectivity index (χ2v) is 7.22. The highest BCUT2D eigenvalue weighted by atomic mass is 16.6. The lowest BCUT2D eigenvalue weighted by Gasteiger charge is -2.22. The van der Waals surface area contributed by atoms with E-state index in [-0.39, 0.29) is 6.10 Å². The molecule has 0 fully saturated rings. The molecule has 2 aromatic rings. The Kier molecular flexibility index (Phi) is 7.47. The fourth-order valence-electron chi connectivity index (χ4n) is 3.42. The SMILES string of the molecule is CCC(=O)CCCCCNC(=O)OC1Cc2ccccc2C#Cc2ccccc21. The molecule has 0 heterocycles. The van der Waals surface area contributed by atoms with Crippen LogP contribution < -0.4 is 5.32 Å². The summed E-state index contributed by atoms with van der Waals surface area (Å²) in [6.07, 6.45) is 3.64. The van der Waals surface area contributed by atoms with E-state index in [1.807, 2.05) is 55.5 Å². The molecule has 2 aromatic carbocycles. The number of Topliss-reactive ketones (excluding diaryl/α,β-unsaturated/α-hetero) is 1. The lowest BCUT2D eigenvalue weighted by molar-refractivity contribution is -0.118. The Morgan fingerprint density at radius 2 is 1.72 bits per heavy atom. The first kappa shape index (κ1) is 20.7. The summed E-state index contributed by atoms with van der Waals surface area (Å²) >= 11 is 0. The minimum atomic E-state index is -0.416. The van der Waals surface area contributed by atoms with Gasteiger partial charge in [-0.2, -0.15) is 0 Å². The number of fused-ring (bicyclic) bond motifs is 2. The Labute approximate surface area is 172 Å². The normalized spacial score (nSPS) is 14.3. The summed E-state index contributed by atoms with van der Waals surface area (Å²) in [5, 5.41) is 2.84. The van der Waals surface area contributed by atoms with Gasteiger partial charge < -0.3 is 10.1 Å². The summed E-state index contributed by atoms with van der Waals surface area (Å²) in [5.74, 6) is 6.74. The minimum Gasteiger partial charge on any atom is -0.441 e. The van der Waals surface area contributed by atoms with Crippen molar-refractivity contribution in [2.24, 2.45) is 0 Å². The van der Waals surface area contributed by atoms with E-state index < -0.39 is 6.09 Å². The molecule has 1 atom stereocenters. The highest BCUT2D eigenvalue weighted by molar-refractivity contribution is 5.77. The lowest BCUT2D eigenvalue weighted by atomic mass is 9.92. The molecule has 4 nitrogen and oxygen atoms in total. The van der Waals surface area contributed by atoms with E-state index >= 15 is 0 Å². The molecule has 3 rings (SSSR count). The Hall–Kier alpha value is -3.06. The highest BCUT2D eigenvalue weighted by Gasteiger charge is 2.22. The summed E-state index contributed by atoms with van der Waals surface area (Å²) in [7, 11) is 0. The summed E-state index contributed by atoms with van der Waals surface area (Å²) in [6, 6.07) is 15.8. The molecule has 1 aliphatic rings. The quantitative estimate of drug-likeness (QED) is 0.513. The van der Waals surface area contributed by atoms with E-state index in [4.69, 9.17) is 4.74 Å². The van der Waals surface area contributed by atoms with Crippen molar-refractivity contribution in [3.8, 4) is 11.8 Å². The van der Waals surface area contributed by atoms with Crippen LogP contribution in [-0.4, -0.2) is 18.4 Å². The first-order valence-electron chi connectivity index (χ1n) is 10.3. The largest absolute Gasteiger partial charge is 0.441 e. The van der Waals surface area contributed by atoms with Gasteiger partial charge in [-0.3, -0.25) is 4.79 Å². The number of amides is 1. The number of nitrogens with one attached hydrogen (secondary N) is 1. The summed E-state index contributed by atoms with van der Waals surface area (Å²) in [6.45, 7) is 2.43. The molecule has 1 amide bonds. The van der Waals surface area contributed by atoms with E-state index in [0.29, 0.717) is 31.6 Å². The number of ether oxygens (including phenoxy) is 1. The maximum atomic E-state index is 12.4. The maximum Gasteiger partial charge on any atom is 0.407 e. The van der Waals surface area contributed by atoms with Gasteiger partial charge in [0.25, 0.3) is 0 Å². The van der Waals surface area contributed by atoms with Gasteiger partial charge in [-0.1, -0.05) is 61.6 Å². The van der Waals surface area contributed by atoms with Crippen molar-refractivity contribution in [1.82, 2.24) is 5.32 Å². The molecule has 29 heavy (non-hydrogen) atoms. The standard InChI is InChI=1S/C25H27NO3/c1-2-22(27)13-4-3-9-17-26-25(28)29-24-18-21-12-6-5-10-19(21)15-16-20-11-7-8-14-23(20)24/h5-8,10-12,14,24H,2-4,9,13,17-18H2,1H3,(H,26,28). The molecule has 0 spiro atoms. The zero-order valence-electron chi connectivity index (χ0n) is 16.9. The number of rotatable bonds is 8. The number of unbranched alkanes of at least 4 members (excludes halogenated alkanes) is 2. The van der Waals surface area contributed by atoms with Crippen molar-refractivity contribution < 1.29 is 14.3 Å². The van der Waals surface area contributed by atoms with Gasteiger partial charge in [0.05, 0.1) is 0 Å². The van der Waals surface area contributed by atoms with Gasteiger partial charge in [-0.05, 0) is 30.5 Å². The Morgan fingerprint density at radius 1 is 1.00 bits per heavy atom. The fraction of sp³-hybridized carbons (Fsp3) is 0.360. The van der Waals surface area contributed by atoms with E-state index in [9.17, 15) is 9.59 Å². The lowest BCUT2D eigenvalue weighted by Crippen LogP contribution is -2.28. The number of hydrogen-bond donors (Lipinski definition) is 1. The molecule has 0 bridgehead atoms. The maximum absolute atomic E-state index is 12.4. The molecule has 0 saturated heterocycles. The van der Waals surface area contributed by atoms with Crippen molar-refractivity contribution in [1.29, 1.82) is 0 Å². The Bertz CT molecular complexity index is 923. The Morgan fingerprint density at radius 3 is 2.55 bits per heavy atom. The van der Waals surface area contributed by atoms with Gasteiger partial charge >= 0.3 is 6.09 Å². The molecule has 0 radical (unpaired) electrons. The first-order chi connectivity index (χ1) is 14.2. The summed E-state index contributed by atoms with van der Waals surface area (Å²) in [4.78, 5) is 23.7. The predicted molar refractivity (Wildman–Crippen MR) is 114 cm³/mol. The number of carbonyl (C=O) groups is 2. The zero-order valence-corrected chi connectivity index (χ0v) is 16.9. The smallest absolute Gasteiger partial charge is 0.407 e. The van der Waals surface area contributed by atoms with E-state index in [0.717, 1.165) is 41.5 Å². The first-order valence-corrected chi connectivity index (χ1v) is 10.3. The van der Waals surface area contributed by atoms with Crippen LogP contribution in [0.3, 0.4) is 0 Å². The van der Waals surface area contributed by atoms with Crippen LogP contribution in [0.25, 0.3) is 0 Å². The molecular formula is C25H27NO3. The van der Waals surface area contributed by atoms with E-state index in [1.54, 1.807) is 0 Å². The Balaban J connectivity index is 1.59. The highest BCUT2D eigenvalue weighted by Crippen LogP contribution is 2.28. The molecule has 1 aliphatic carbocycles. The number of hydrogen-bond acceptors (Lipinski definition) is 3.